The zero-order valence-corrected chi connectivity index (χ0v) is 18.1. The molecule has 0 atom stereocenters. The van der Waals surface area contributed by atoms with Crippen molar-refractivity contribution in [1.82, 2.24) is 14.3 Å². The molecular weight excluding hydrogens is 382 g/mol. The predicted octanol–water partition coefficient (Wildman–Crippen LogP) is 5.43. The molecule has 0 aliphatic carbocycles. The molecule has 0 unspecified atom stereocenters. The second-order valence-corrected chi connectivity index (χ2v) is 8.35. The van der Waals surface area contributed by atoms with E-state index < -0.39 is 0 Å². The molecule has 0 amide bonds. The number of hydrogen-bond donors (Lipinski definition) is 0. The zero-order chi connectivity index (χ0) is 21.0. The fraction of sp³-hybridized carbons (Fsp3) is 0.296. The number of nitrogens with zero attached hydrogens (tertiary/aromatic N) is 3. The molecule has 158 valence electrons. The van der Waals surface area contributed by atoms with Crippen molar-refractivity contribution >= 4 is 5.52 Å². The van der Waals surface area contributed by atoms with Crippen molar-refractivity contribution in [1.29, 1.82) is 0 Å². The largest absolute Gasteiger partial charge is 0.497 e. The molecule has 4 aromatic rings. The topological polar surface area (TPSA) is 29.8 Å². The predicted molar refractivity (Wildman–Crippen MR) is 126 cm³/mol. The van der Waals surface area contributed by atoms with Crippen molar-refractivity contribution in [3.8, 4) is 17.0 Å². The molecule has 1 aliphatic rings. The SMILES string of the molecule is COc1ccc(-c2nc(C3CCN(CCc4ccccc4)CC3)n3ccccc23)cc1. The smallest absolute Gasteiger partial charge is 0.118 e. The van der Waals surface area contributed by atoms with Crippen molar-refractivity contribution in [2.75, 3.05) is 26.7 Å². The van der Waals surface area contributed by atoms with E-state index in [0.29, 0.717) is 5.92 Å². The molecule has 2 aromatic heterocycles. The van der Waals surface area contributed by atoms with Gasteiger partial charge in [0.25, 0.3) is 0 Å². The Morgan fingerprint density at radius 1 is 0.903 bits per heavy atom. The summed E-state index contributed by atoms with van der Waals surface area (Å²) in [7, 11) is 1.70. The van der Waals surface area contributed by atoms with Crippen LogP contribution in [-0.4, -0.2) is 41.0 Å². The summed E-state index contributed by atoms with van der Waals surface area (Å²) >= 11 is 0. The van der Waals surface area contributed by atoms with Crippen LogP contribution in [0.1, 0.15) is 30.1 Å². The van der Waals surface area contributed by atoms with E-state index in [-0.39, 0.29) is 0 Å². The molecule has 0 N–H and O–H groups in total. The molecule has 1 saturated heterocycles. The standard InChI is InChI=1S/C27H29N3O/c1-31-24-12-10-22(11-13-24)26-25-9-5-6-17-30(25)27(28-26)23-15-19-29(20-16-23)18-14-21-7-3-2-4-8-21/h2-13,17,23H,14-16,18-20H2,1H3. The van der Waals surface area contributed by atoms with Gasteiger partial charge in [-0.25, -0.2) is 4.98 Å². The number of fused-ring (bicyclic) bond motifs is 1. The van der Waals surface area contributed by atoms with E-state index in [1.54, 1.807) is 7.11 Å². The Balaban J connectivity index is 1.32. The van der Waals surface area contributed by atoms with Crippen molar-refractivity contribution < 1.29 is 4.74 Å². The molecule has 2 aromatic carbocycles. The van der Waals surface area contributed by atoms with Crippen LogP contribution < -0.4 is 4.74 Å². The maximum absolute atomic E-state index is 5.32. The van der Waals surface area contributed by atoms with E-state index in [9.17, 15) is 0 Å². The lowest BCUT2D eigenvalue weighted by molar-refractivity contribution is 0.211. The number of hydrogen-bond acceptors (Lipinski definition) is 3. The molecule has 3 heterocycles. The van der Waals surface area contributed by atoms with Crippen molar-refractivity contribution in [3.63, 3.8) is 0 Å². The van der Waals surface area contributed by atoms with Gasteiger partial charge in [0.05, 0.1) is 18.3 Å². The maximum Gasteiger partial charge on any atom is 0.118 e. The minimum atomic E-state index is 0.495. The number of aromatic nitrogens is 2. The molecule has 4 heteroatoms. The van der Waals surface area contributed by atoms with Crippen molar-refractivity contribution in [2.24, 2.45) is 0 Å². The highest BCUT2D eigenvalue weighted by Gasteiger charge is 2.25. The van der Waals surface area contributed by atoms with Gasteiger partial charge in [-0.3, -0.25) is 0 Å². The number of rotatable bonds is 6. The van der Waals surface area contributed by atoms with E-state index in [4.69, 9.17) is 9.72 Å². The number of imidazole rings is 1. The van der Waals surface area contributed by atoms with Gasteiger partial charge < -0.3 is 14.0 Å². The van der Waals surface area contributed by atoms with Crippen molar-refractivity contribution in [2.45, 2.75) is 25.2 Å². The van der Waals surface area contributed by atoms with Crippen LogP contribution in [0.2, 0.25) is 0 Å². The van der Waals surface area contributed by atoms with Gasteiger partial charge >= 0.3 is 0 Å². The lowest BCUT2D eigenvalue weighted by Crippen LogP contribution is -2.34. The van der Waals surface area contributed by atoms with Crippen LogP contribution in [0.5, 0.6) is 5.75 Å². The van der Waals surface area contributed by atoms with Crippen LogP contribution in [0.3, 0.4) is 0 Å². The second-order valence-electron chi connectivity index (χ2n) is 8.35. The highest BCUT2D eigenvalue weighted by atomic mass is 16.5. The monoisotopic (exact) mass is 411 g/mol. The Morgan fingerprint density at radius 3 is 2.39 bits per heavy atom. The lowest BCUT2D eigenvalue weighted by atomic mass is 9.95. The van der Waals surface area contributed by atoms with Gasteiger partial charge in [-0.2, -0.15) is 0 Å². The Bertz CT molecular complexity index is 1130. The fourth-order valence-electron chi connectivity index (χ4n) is 4.66. The molecule has 0 bridgehead atoms. The highest BCUT2D eigenvalue weighted by molar-refractivity contribution is 5.78. The van der Waals surface area contributed by atoms with Crippen LogP contribution in [0.15, 0.2) is 79.0 Å². The average molecular weight is 412 g/mol. The van der Waals surface area contributed by atoms with Crippen LogP contribution in [0, 0.1) is 0 Å². The summed E-state index contributed by atoms with van der Waals surface area (Å²) in [6.45, 7) is 3.41. The number of benzene rings is 2. The summed E-state index contributed by atoms with van der Waals surface area (Å²) in [5.41, 5.74) is 4.79. The minimum absolute atomic E-state index is 0.495. The lowest BCUT2D eigenvalue weighted by Gasteiger charge is -2.31. The minimum Gasteiger partial charge on any atom is -0.497 e. The molecular formula is C27H29N3O. The van der Waals surface area contributed by atoms with Crippen LogP contribution in [0.4, 0.5) is 0 Å². The Labute approximate surface area is 184 Å². The van der Waals surface area contributed by atoms with E-state index in [1.165, 1.54) is 16.9 Å². The average Bonchev–Trinajstić information content (AvgIpc) is 3.23. The van der Waals surface area contributed by atoms with Gasteiger partial charge in [-0.1, -0.05) is 36.4 Å². The summed E-state index contributed by atoms with van der Waals surface area (Å²) in [6, 6.07) is 25.4. The first-order valence-corrected chi connectivity index (χ1v) is 11.2. The molecule has 0 spiro atoms. The maximum atomic E-state index is 5.32. The fourth-order valence-corrected chi connectivity index (χ4v) is 4.66. The molecule has 1 aliphatic heterocycles. The van der Waals surface area contributed by atoms with Crippen LogP contribution >= 0.6 is 0 Å². The first kappa shape index (κ1) is 19.8. The van der Waals surface area contributed by atoms with E-state index >= 15 is 0 Å². The summed E-state index contributed by atoms with van der Waals surface area (Å²) < 4.78 is 7.62. The number of likely N-dealkylation sites (tertiary alicyclic amines) is 1. The second kappa shape index (κ2) is 8.94. The molecule has 5 rings (SSSR count). The Kier molecular flexibility index (Phi) is 5.72. The normalized spacial score (nSPS) is 15.4. The summed E-state index contributed by atoms with van der Waals surface area (Å²) in [5.74, 6) is 2.56. The number of methoxy groups -OCH3 is 1. The van der Waals surface area contributed by atoms with Crippen LogP contribution in [-0.2, 0) is 6.42 Å². The third kappa shape index (κ3) is 4.21. The molecule has 4 nitrogen and oxygen atoms in total. The summed E-state index contributed by atoms with van der Waals surface area (Å²) in [5, 5.41) is 0. The van der Waals surface area contributed by atoms with E-state index in [0.717, 1.165) is 55.9 Å². The third-order valence-electron chi connectivity index (χ3n) is 6.45. The van der Waals surface area contributed by atoms with Crippen LogP contribution in [0.25, 0.3) is 16.8 Å². The number of piperidine rings is 1. The first-order valence-electron chi connectivity index (χ1n) is 11.2. The molecule has 0 saturated carbocycles. The number of ether oxygens (including phenoxy) is 1. The van der Waals surface area contributed by atoms with E-state index in [2.05, 4.69) is 76.2 Å². The van der Waals surface area contributed by atoms with Gasteiger partial charge in [0.2, 0.25) is 0 Å². The first-order chi connectivity index (χ1) is 15.3. The van der Waals surface area contributed by atoms with E-state index in [1.807, 2.05) is 12.1 Å². The summed E-state index contributed by atoms with van der Waals surface area (Å²) in [6.07, 6.45) is 5.60. The van der Waals surface area contributed by atoms with Gasteiger partial charge in [-0.05, 0) is 74.3 Å². The van der Waals surface area contributed by atoms with Gasteiger partial charge in [0, 0.05) is 24.2 Å². The number of pyridine rings is 1. The molecule has 1 fully saturated rings. The van der Waals surface area contributed by atoms with Gasteiger partial charge in [-0.15, -0.1) is 0 Å². The molecule has 0 radical (unpaired) electrons. The molecule has 31 heavy (non-hydrogen) atoms. The quantitative estimate of drug-likeness (QED) is 0.424. The van der Waals surface area contributed by atoms with Gasteiger partial charge in [0.1, 0.15) is 11.6 Å². The highest BCUT2D eigenvalue weighted by Crippen LogP contribution is 2.33. The van der Waals surface area contributed by atoms with Gasteiger partial charge in [0.15, 0.2) is 0 Å². The zero-order valence-electron chi connectivity index (χ0n) is 18.1. The Hall–Kier alpha value is -3.11. The summed E-state index contributed by atoms with van der Waals surface area (Å²) in [4.78, 5) is 7.76. The van der Waals surface area contributed by atoms with Crippen molar-refractivity contribution in [3.05, 3.63) is 90.4 Å². The Morgan fingerprint density at radius 2 is 1.65 bits per heavy atom. The third-order valence-corrected chi connectivity index (χ3v) is 6.45.